The smallest absolute Gasteiger partial charge is 0.304 e. The van der Waals surface area contributed by atoms with Crippen molar-refractivity contribution in [1.29, 1.82) is 0 Å². The van der Waals surface area contributed by atoms with Gasteiger partial charge in [0.2, 0.25) is 11.8 Å². The van der Waals surface area contributed by atoms with Crippen LogP contribution in [0.3, 0.4) is 0 Å². The molecular weight excluding hydrogens is 344 g/mol. The molecule has 0 fully saturated rings. The lowest BCUT2D eigenvalue weighted by molar-refractivity contribution is -0.136. The summed E-state index contributed by atoms with van der Waals surface area (Å²) in [5.74, 6) is 0.688. The van der Waals surface area contributed by atoms with Crippen LogP contribution in [0.15, 0.2) is 33.2 Å². The molecule has 2 rings (SSSR count). The normalized spacial score (nSPS) is 12.3. The van der Waals surface area contributed by atoms with E-state index in [0.29, 0.717) is 17.5 Å². The molecule has 1 heterocycles. The second kappa shape index (κ2) is 6.90. The van der Waals surface area contributed by atoms with Gasteiger partial charge in [0.15, 0.2) is 0 Å². The number of hydrogen-bond donors (Lipinski definition) is 1. The lowest BCUT2D eigenvalue weighted by Crippen LogP contribution is -2.05. The minimum Gasteiger partial charge on any atom is -0.481 e. The van der Waals surface area contributed by atoms with E-state index in [4.69, 9.17) is 9.52 Å². The molecule has 0 aliphatic rings. The van der Waals surface area contributed by atoms with Gasteiger partial charge in [0.05, 0.1) is 12.2 Å². The molecule has 20 heavy (non-hydrogen) atoms. The largest absolute Gasteiger partial charge is 0.481 e. The minimum atomic E-state index is -0.800. The first-order chi connectivity index (χ1) is 9.54. The predicted molar refractivity (Wildman–Crippen MR) is 80.4 cm³/mol. The maximum absolute atomic E-state index is 10.6. The van der Waals surface area contributed by atoms with Crippen LogP contribution >= 0.6 is 27.7 Å². The average molecular weight is 357 g/mol. The monoisotopic (exact) mass is 356 g/mol. The Bertz CT molecular complexity index is 586. The zero-order valence-electron chi connectivity index (χ0n) is 10.7. The summed E-state index contributed by atoms with van der Waals surface area (Å²) in [6, 6.07) is 7.59. The zero-order chi connectivity index (χ0) is 14.5. The first kappa shape index (κ1) is 15.1. The molecule has 7 heteroatoms. The van der Waals surface area contributed by atoms with Crippen molar-refractivity contribution in [3.05, 3.63) is 34.6 Å². The standard InChI is InChI=1S/C13H13BrN2O3S/c1-8(6-12(17)18)20-7-11-15-16-13(19-11)9-2-4-10(14)5-3-9/h2-5,8H,6-7H2,1H3,(H,17,18). The topological polar surface area (TPSA) is 76.2 Å². The number of carboxylic acids is 1. The highest BCUT2D eigenvalue weighted by Gasteiger charge is 2.12. The summed E-state index contributed by atoms with van der Waals surface area (Å²) < 4.78 is 6.54. The fourth-order valence-electron chi connectivity index (χ4n) is 1.54. The first-order valence-electron chi connectivity index (χ1n) is 5.96. The summed E-state index contributed by atoms with van der Waals surface area (Å²) in [6.45, 7) is 1.87. The molecule has 1 N–H and O–H groups in total. The van der Waals surface area contributed by atoms with Crippen LogP contribution in [0.2, 0.25) is 0 Å². The van der Waals surface area contributed by atoms with Crippen molar-refractivity contribution in [2.75, 3.05) is 0 Å². The molecule has 1 atom stereocenters. The summed E-state index contributed by atoms with van der Waals surface area (Å²) in [5, 5.41) is 16.7. The Labute approximate surface area is 128 Å². The van der Waals surface area contributed by atoms with Gasteiger partial charge in [-0.15, -0.1) is 22.0 Å². The van der Waals surface area contributed by atoms with Crippen molar-refractivity contribution in [2.45, 2.75) is 24.3 Å². The fourth-order valence-corrected chi connectivity index (χ4v) is 2.61. The molecule has 0 aliphatic carbocycles. The number of hydrogen-bond acceptors (Lipinski definition) is 5. The fraction of sp³-hybridized carbons (Fsp3) is 0.308. The molecule has 5 nitrogen and oxygen atoms in total. The van der Waals surface area contributed by atoms with E-state index < -0.39 is 5.97 Å². The van der Waals surface area contributed by atoms with Crippen molar-refractivity contribution in [1.82, 2.24) is 10.2 Å². The highest BCUT2D eigenvalue weighted by molar-refractivity contribution is 9.10. The third kappa shape index (κ3) is 4.35. The van der Waals surface area contributed by atoms with E-state index in [1.165, 1.54) is 11.8 Å². The number of halogens is 1. The number of thioether (sulfide) groups is 1. The van der Waals surface area contributed by atoms with Crippen LogP contribution in [0, 0.1) is 0 Å². The van der Waals surface area contributed by atoms with E-state index in [-0.39, 0.29) is 11.7 Å². The van der Waals surface area contributed by atoms with E-state index in [9.17, 15) is 4.79 Å². The molecule has 2 aromatic rings. The van der Waals surface area contributed by atoms with E-state index in [1.807, 2.05) is 31.2 Å². The van der Waals surface area contributed by atoms with Crippen molar-refractivity contribution in [3.63, 3.8) is 0 Å². The molecule has 0 bridgehead atoms. The van der Waals surface area contributed by atoms with Crippen molar-refractivity contribution in [3.8, 4) is 11.5 Å². The lowest BCUT2D eigenvalue weighted by Gasteiger charge is -2.05. The van der Waals surface area contributed by atoms with E-state index in [0.717, 1.165) is 10.0 Å². The number of benzene rings is 1. The van der Waals surface area contributed by atoms with Crippen LogP contribution in [0.4, 0.5) is 0 Å². The van der Waals surface area contributed by atoms with E-state index in [2.05, 4.69) is 26.1 Å². The van der Waals surface area contributed by atoms with Gasteiger partial charge in [-0.05, 0) is 24.3 Å². The van der Waals surface area contributed by atoms with Gasteiger partial charge in [-0.1, -0.05) is 22.9 Å². The van der Waals surface area contributed by atoms with E-state index >= 15 is 0 Å². The number of carboxylic acid groups (broad SMARTS) is 1. The Morgan fingerprint density at radius 1 is 1.40 bits per heavy atom. The number of carbonyl (C=O) groups is 1. The Balaban J connectivity index is 1.95. The van der Waals surface area contributed by atoms with Gasteiger partial charge in [0.1, 0.15) is 0 Å². The first-order valence-corrected chi connectivity index (χ1v) is 7.80. The van der Waals surface area contributed by atoms with Crippen LogP contribution in [0.5, 0.6) is 0 Å². The summed E-state index contributed by atoms with van der Waals surface area (Å²) in [5.41, 5.74) is 0.857. The Hall–Kier alpha value is -1.34. The number of aliphatic carboxylic acids is 1. The summed E-state index contributed by atoms with van der Waals surface area (Å²) in [4.78, 5) is 10.6. The highest BCUT2D eigenvalue weighted by Crippen LogP contribution is 2.23. The van der Waals surface area contributed by atoms with Crippen LogP contribution in [-0.2, 0) is 10.5 Å². The Morgan fingerprint density at radius 3 is 2.75 bits per heavy atom. The number of aromatic nitrogens is 2. The van der Waals surface area contributed by atoms with Gasteiger partial charge in [-0.2, -0.15) is 0 Å². The van der Waals surface area contributed by atoms with Crippen LogP contribution in [-0.4, -0.2) is 26.5 Å². The van der Waals surface area contributed by atoms with Gasteiger partial charge in [0, 0.05) is 15.3 Å². The second-order valence-electron chi connectivity index (χ2n) is 4.23. The Morgan fingerprint density at radius 2 is 2.10 bits per heavy atom. The van der Waals surface area contributed by atoms with Gasteiger partial charge in [0.25, 0.3) is 0 Å². The maximum atomic E-state index is 10.6. The average Bonchev–Trinajstić information content (AvgIpc) is 2.85. The molecule has 0 spiro atoms. The molecule has 0 saturated heterocycles. The zero-order valence-corrected chi connectivity index (χ0v) is 13.1. The van der Waals surface area contributed by atoms with Gasteiger partial charge in [-0.3, -0.25) is 4.79 Å². The SMILES string of the molecule is CC(CC(=O)O)SCc1nnc(-c2ccc(Br)cc2)o1. The van der Waals surface area contributed by atoms with Gasteiger partial charge < -0.3 is 9.52 Å². The maximum Gasteiger partial charge on any atom is 0.304 e. The van der Waals surface area contributed by atoms with Gasteiger partial charge >= 0.3 is 5.97 Å². The molecule has 0 amide bonds. The summed E-state index contributed by atoms with van der Waals surface area (Å²) in [7, 11) is 0. The number of rotatable bonds is 6. The summed E-state index contributed by atoms with van der Waals surface area (Å²) >= 11 is 4.85. The van der Waals surface area contributed by atoms with Crippen LogP contribution in [0.25, 0.3) is 11.5 Å². The van der Waals surface area contributed by atoms with Crippen molar-refractivity contribution < 1.29 is 14.3 Å². The quantitative estimate of drug-likeness (QED) is 0.851. The molecule has 106 valence electrons. The molecular formula is C13H13BrN2O3S. The van der Waals surface area contributed by atoms with Gasteiger partial charge in [-0.25, -0.2) is 0 Å². The molecule has 1 aromatic carbocycles. The molecule has 1 aromatic heterocycles. The Kier molecular flexibility index (Phi) is 5.19. The number of nitrogens with zero attached hydrogens (tertiary/aromatic N) is 2. The lowest BCUT2D eigenvalue weighted by atomic mass is 10.2. The third-order valence-corrected chi connectivity index (χ3v) is 4.19. The van der Waals surface area contributed by atoms with E-state index in [1.54, 1.807) is 0 Å². The van der Waals surface area contributed by atoms with Crippen molar-refractivity contribution in [2.24, 2.45) is 0 Å². The highest BCUT2D eigenvalue weighted by atomic mass is 79.9. The molecule has 1 unspecified atom stereocenters. The van der Waals surface area contributed by atoms with Crippen molar-refractivity contribution >= 4 is 33.7 Å². The second-order valence-corrected chi connectivity index (χ2v) is 6.57. The molecule has 0 saturated carbocycles. The molecule has 0 radical (unpaired) electrons. The van der Waals surface area contributed by atoms with Crippen LogP contribution < -0.4 is 0 Å². The summed E-state index contributed by atoms with van der Waals surface area (Å²) in [6.07, 6.45) is 0.123. The van der Waals surface area contributed by atoms with Crippen LogP contribution in [0.1, 0.15) is 19.2 Å². The minimum absolute atomic E-state index is 0.00975. The third-order valence-electron chi connectivity index (χ3n) is 2.51. The predicted octanol–water partition coefficient (Wildman–Crippen LogP) is 3.60. The molecule has 0 aliphatic heterocycles.